The van der Waals surface area contributed by atoms with Crippen LogP contribution < -0.4 is 21.4 Å². The zero-order chi connectivity index (χ0) is 20.5. The van der Waals surface area contributed by atoms with Crippen molar-refractivity contribution in [2.24, 2.45) is 5.92 Å². The van der Waals surface area contributed by atoms with E-state index in [4.69, 9.17) is 4.74 Å². The molecule has 4 aromatic heterocycles. The Labute approximate surface area is 173 Å². The van der Waals surface area contributed by atoms with E-state index in [0.717, 1.165) is 15.0 Å². The first-order valence-electron chi connectivity index (χ1n) is 9.06. The summed E-state index contributed by atoms with van der Waals surface area (Å²) in [4.78, 5) is 45.1. The second kappa shape index (κ2) is 7.84. The van der Waals surface area contributed by atoms with Gasteiger partial charge in [0.15, 0.2) is 5.75 Å². The smallest absolute Gasteiger partial charge is 0.329 e. The van der Waals surface area contributed by atoms with Gasteiger partial charge in [0.25, 0.3) is 5.56 Å². The molecule has 0 radical (unpaired) electrons. The van der Waals surface area contributed by atoms with Crippen LogP contribution in [0.15, 0.2) is 49.5 Å². The van der Waals surface area contributed by atoms with Gasteiger partial charge < -0.3 is 9.72 Å². The summed E-state index contributed by atoms with van der Waals surface area (Å²) in [6.07, 6.45) is 1.47. The van der Waals surface area contributed by atoms with Gasteiger partial charge in [-0.2, -0.15) is 0 Å². The molecule has 2 N–H and O–H groups in total. The summed E-state index contributed by atoms with van der Waals surface area (Å²) in [7, 11) is 0. The molecule has 0 unspecified atom stereocenters. The van der Waals surface area contributed by atoms with Crippen LogP contribution in [0.5, 0.6) is 5.75 Å². The van der Waals surface area contributed by atoms with E-state index in [1.165, 1.54) is 34.9 Å². The van der Waals surface area contributed by atoms with Crippen LogP contribution in [-0.4, -0.2) is 21.1 Å². The minimum atomic E-state index is -0.511. The molecule has 0 amide bonds. The van der Waals surface area contributed by atoms with Crippen molar-refractivity contribution in [1.29, 1.82) is 0 Å². The summed E-state index contributed by atoms with van der Waals surface area (Å²) < 4.78 is 6.58. The lowest BCUT2D eigenvalue weighted by Gasteiger charge is -2.09. The van der Waals surface area contributed by atoms with E-state index in [9.17, 15) is 14.4 Å². The molecule has 0 saturated carbocycles. The number of nitrogens with one attached hydrogen (secondary N) is 2. The molecule has 0 aliphatic carbocycles. The van der Waals surface area contributed by atoms with Crippen molar-refractivity contribution in [1.82, 2.24) is 14.5 Å². The molecule has 4 heterocycles. The van der Waals surface area contributed by atoms with Crippen molar-refractivity contribution in [3.63, 3.8) is 0 Å². The predicted octanol–water partition coefficient (Wildman–Crippen LogP) is 3.25. The van der Waals surface area contributed by atoms with Gasteiger partial charge in [-0.25, -0.2) is 4.79 Å². The van der Waals surface area contributed by atoms with E-state index in [1.54, 1.807) is 0 Å². The van der Waals surface area contributed by atoms with Crippen LogP contribution >= 0.6 is 22.7 Å². The first-order valence-corrected chi connectivity index (χ1v) is 10.8. The van der Waals surface area contributed by atoms with Crippen molar-refractivity contribution < 1.29 is 4.74 Å². The Morgan fingerprint density at radius 2 is 2.03 bits per heavy atom. The molecule has 150 valence electrons. The van der Waals surface area contributed by atoms with E-state index in [-0.39, 0.29) is 23.3 Å². The molecular weight excluding hydrogens is 410 g/mol. The van der Waals surface area contributed by atoms with Gasteiger partial charge in [-0.1, -0.05) is 19.9 Å². The third-order valence-electron chi connectivity index (χ3n) is 4.34. The van der Waals surface area contributed by atoms with Gasteiger partial charge in [-0.05, 0) is 17.4 Å². The fourth-order valence-corrected chi connectivity index (χ4v) is 4.71. The minimum absolute atomic E-state index is 0.0382. The second-order valence-corrected chi connectivity index (χ2v) is 8.87. The van der Waals surface area contributed by atoms with Gasteiger partial charge in [-0.15, -0.1) is 22.7 Å². The molecule has 0 spiro atoms. The van der Waals surface area contributed by atoms with Crippen molar-refractivity contribution in [2.45, 2.75) is 20.4 Å². The van der Waals surface area contributed by atoms with Crippen molar-refractivity contribution >= 4 is 32.9 Å². The number of rotatable bonds is 6. The third-order valence-corrected chi connectivity index (χ3v) is 6.14. The average Bonchev–Trinajstić information content (AvgIpc) is 3.33. The maximum absolute atomic E-state index is 13.1. The molecule has 29 heavy (non-hydrogen) atoms. The van der Waals surface area contributed by atoms with Gasteiger partial charge in [0.2, 0.25) is 5.43 Å². The lowest BCUT2D eigenvalue weighted by molar-refractivity contribution is 0.267. The molecule has 0 aliphatic rings. The molecule has 4 rings (SSSR count). The van der Waals surface area contributed by atoms with E-state index < -0.39 is 5.69 Å². The van der Waals surface area contributed by atoms with Crippen LogP contribution in [0.4, 0.5) is 0 Å². The highest BCUT2D eigenvalue weighted by atomic mass is 32.1. The third kappa shape index (κ3) is 3.83. The van der Waals surface area contributed by atoms with Crippen molar-refractivity contribution in [3.05, 3.63) is 71.9 Å². The maximum Gasteiger partial charge on any atom is 0.329 e. The summed E-state index contributed by atoms with van der Waals surface area (Å²) >= 11 is 2.86. The highest BCUT2D eigenvalue weighted by Crippen LogP contribution is 2.33. The van der Waals surface area contributed by atoms with E-state index in [2.05, 4.69) is 9.97 Å². The number of aromatic amines is 2. The van der Waals surface area contributed by atoms with Crippen LogP contribution in [0.3, 0.4) is 0 Å². The summed E-state index contributed by atoms with van der Waals surface area (Å²) in [6.45, 7) is 4.38. The lowest BCUT2D eigenvalue weighted by Crippen LogP contribution is -2.35. The first-order chi connectivity index (χ1) is 13.9. The minimum Gasteiger partial charge on any atom is -0.488 e. The first kappa shape index (κ1) is 19.4. The van der Waals surface area contributed by atoms with Gasteiger partial charge in [0.1, 0.15) is 4.83 Å². The summed E-state index contributed by atoms with van der Waals surface area (Å²) in [6, 6.07) is 5.22. The second-order valence-electron chi connectivity index (χ2n) is 7.04. The lowest BCUT2D eigenvalue weighted by atomic mass is 10.2. The van der Waals surface area contributed by atoms with Crippen molar-refractivity contribution in [2.75, 3.05) is 6.61 Å². The standard InChI is InChI=1S/C20H19N3O4S2/c1-11(2)9-27-15-7-21-12(6-14(15)24)8-23-19(25)17-13(16-4-3-5-28-16)10-29-18(17)22-20(23)26/h3-7,10-11H,8-9H2,1-2H3,(H,21,24)(H,22,26). The van der Waals surface area contributed by atoms with Crippen LogP contribution in [0.2, 0.25) is 0 Å². The summed E-state index contributed by atoms with van der Waals surface area (Å²) in [5, 5.41) is 4.30. The Morgan fingerprint density at radius 1 is 1.21 bits per heavy atom. The number of hydrogen-bond acceptors (Lipinski definition) is 6. The Morgan fingerprint density at radius 3 is 2.72 bits per heavy atom. The highest BCUT2D eigenvalue weighted by Gasteiger charge is 2.16. The molecule has 0 atom stereocenters. The van der Waals surface area contributed by atoms with E-state index in [1.807, 2.05) is 36.7 Å². The maximum atomic E-state index is 13.1. The largest absolute Gasteiger partial charge is 0.488 e. The van der Waals surface area contributed by atoms with Crippen LogP contribution in [0.1, 0.15) is 19.5 Å². The molecule has 0 aromatic carbocycles. The zero-order valence-corrected chi connectivity index (χ0v) is 17.5. The zero-order valence-electron chi connectivity index (χ0n) is 15.9. The molecule has 9 heteroatoms. The van der Waals surface area contributed by atoms with Crippen LogP contribution in [-0.2, 0) is 6.54 Å². The average molecular weight is 430 g/mol. The molecule has 0 saturated heterocycles. The van der Waals surface area contributed by atoms with Gasteiger partial charge in [0.05, 0.1) is 18.5 Å². The fraction of sp³-hybridized carbons (Fsp3) is 0.250. The number of nitrogens with zero attached hydrogens (tertiary/aromatic N) is 1. The van der Waals surface area contributed by atoms with Crippen LogP contribution in [0.25, 0.3) is 20.7 Å². The van der Waals surface area contributed by atoms with Gasteiger partial charge in [-0.3, -0.25) is 19.1 Å². The van der Waals surface area contributed by atoms with Gasteiger partial charge in [0, 0.05) is 33.8 Å². The summed E-state index contributed by atoms with van der Waals surface area (Å²) in [5.41, 5.74) is 0.0740. The van der Waals surface area contributed by atoms with Crippen LogP contribution in [0, 0.1) is 5.92 Å². The number of H-pyrrole nitrogens is 2. The normalized spacial score (nSPS) is 11.4. The van der Waals surface area contributed by atoms with Crippen molar-refractivity contribution in [3.8, 4) is 16.2 Å². The Balaban J connectivity index is 1.72. The number of fused-ring (bicyclic) bond motifs is 1. The number of thiophene rings is 2. The predicted molar refractivity (Wildman–Crippen MR) is 117 cm³/mol. The Kier molecular flexibility index (Phi) is 5.25. The number of ether oxygens (including phenoxy) is 1. The number of hydrogen-bond donors (Lipinski definition) is 2. The molecule has 0 aliphatic heterocycles. The Bertz CT molecular complexity index is 1330. The van der Waals surface area contributed by atoms with Gasteiger partial charge >= 0.3 is 5.69 Å². The topological polar surface area (TPSA) is 96.9 Å². The monoisotopic (exact) mass is 429 g/mol. The number of aromatic nitrogens is 3. The quantitative estimate of drug-likeness (QED) is 0.492. The SMILES string of the molecule is CC(C)COc1c[nH]c(Cn2c(=O)[nH]c3scc(-c4cccs4)c3c2=O)cc1=O. The Hall–Kier alpha value is -2.91. The molecular formula is C20H19N3O4S2. The molecule has 4 aromatic rings. The van der Waals surface area contributed by atoms with E-state index in [0.29, 0.717) is 28.4 Å². The molecule has 7 nitrogen and oxygen atoms in total. The molecule has 0 fully saturated rings. The number of pyridine rings is 1. The molecule has 0 bridgehead atoms. The fourth-order valence-electron chi connectivity index (χ4n) is 2.94. The van der Waals surface area contributed by atoms with E-state index >= 15 is 0 Å². The summed E-state index contributed by atoms with van der Waals surface area (Å²) in [5.74, 6) is 0.512. The highest BCUT2D eigenvalue weighted by molar-refractivity contribution is 7.18.